The molecule has 0 aliphatic heterocycles. The number of pyridine rings is 1. The number of aromatic nitrogens is 1. The van der Waals surface area contributed by atoms with Gasteiger partial charge in [-0.3, -0.25) is 0 Å². The molecule has 0 radical (unpaired) electrons. The van der Waals surface area contributed by atoms with Crippen molar-refractivity contribution in [3.63, 3.8) is 0 Å². The lowest BCUT2D eigenvalue weighted by atomic mass is 10.5. The van der Waals surface area contributed by atoms with Gasteiger partial charge in [-0.2, -0.15) is 0 Å². The zero-order valence-corrected chi connectivity index (χ0v) is 5.82. The van der Waals surface area contributed by atoms with Crippen molar-refractivity contribution in [3.8, 4) is 5.88 Å². The number of nitrogens with zero attached hydrogens (tertiary/aromatic N) is 1. The highest BCUT2D eigenvalue weighted by molar-refractivity contribution is 5.10. The van der Waals surface area contributed by atoms with Gasteiger partial charge in [-0.25, -0.2) is 4.98 Å². The predicted octanol–water partition coefficient (Wildman–Crippen LogP) is 1.99. The average Bonchev–Trinajstić information content (AvgIpc) is 2.03. The van der Waals surface area contributed by atoms with Crippen LogP contribution in [0.5, 0.6) is 5.88 Å². The molecule has 52 valence electrons. The lowest BCUT2D eigenvalue weighted by Gasteiger charge is -1.94. The van der Waals surface area contributed by atoms with Gasteiger partial charge in [0.15, 0.2) is 0 Å². The van der Waals surface area contributed by atoms with Crippen LogP contribution < -0.4 is 4.74 Å². The second-order valence-corrected chi connectivity index (χ2v) is 1.76. The zero-order valence-electron chi connectivity index (χ0n) is 5.82. The summed E-state index contributed by atoms with van der Waals surface area (Å²) in [6, 6.07) is 5.54. The Labute approximate surface area is 60.2 Å². The molecule has 0 N–H and O–H groups in total. The van der Waals surface area contributed by atoms with Crippen molar-refractivity contribution in [2.24, 2.45) is 0 Å². The Morgan fingerprint density at radius 3 is 3.00 bits per heavy atom. The molecule has 0 fully saturated rings. The van der Waals surface area contributed by atoms with Crippen LogP contribution in [0.3, 0.4) is 0 Å². The van der Waals surface area contributed by atoms with Crippen LogP contribution in [-0.2, 0) is 0 Å². The molecule has 0 aliphatic carbocycles. The molecule has 0 aromatic carbocycles. The monoisotopic (exact) mass is 135 g/mol. The maximum absolute atomic E-state index is 5.06. The van der Waals surface area contributed by atoms with E-state index in [2.05, 4.69) is 4.98 Å². The molecule has 10 heavy (non-hydrogen) atoms. The van der Waals surface area contributed by atoms with Gasteiger partial charge in [-0.15, -0.1) is 0 Å². The molecule has 1 aromatic heterocycles. The van der Waals surface area contributed by atoms with Crippen LogP contribution in [0.2, 0.25) is 0 Å². The topological polar surface area (TPSA) is 22.1 Å². The number of hydrogen-bond donors (Lipinski definition) is 0. The smallest absolute Gasteiger partial charge is 0.218 e. The summed E-state index contributed by atoms with van der Waals surface area (Å²) in [5.41, 5.74) is 0. The van der Waals surface area contributed by atoms with Gasteiger partial charge in [0, 0.05) is 12.3 Å². The van der Waals surface area contributed by atoms with Crippen molar-refractivity contribution in [3.05, 3.63) is 36.7 Å². The largest absolute Gasteiger partial charge is 0.447 e. The van der Waals surface area contributed by atoms with Gasteiger partial charge in [0.05, 0.1) is 6.26 Å². The summed E-state index contributed by atoms with van der Waals surface area (Å²) in [7, 11) is 0. The molecule has 0 atom stereocenters. The van der Waals surface area contributed by atoms with E-state index in [1.54, 1.807) is 18.5 Å². The number of hydrogen-bond acceptors (Lipinski definition) is 2. The van der Waals surface area contributed by atoms with Gasteiger partial charge in [-0.1, -0.05) is 12.1 Å². The third-order valence-electron chi connectivity index (χ3n) is 0.963. The summed E-state index contributed by atoms with van der Waals surface area (Å²) in [5.74, 6) is 0.626. The Hall–Kier alpha value is -1.31. The quantitative estimate of drug-likeness (QED) is 0.578. The van der Waals surface area contributed by atoms with Crippen LogP contribution in [0.15, 0.2) is 36.7 Å². The predicted molar refractivity (Wildman–Crippen MR) is 39.7 cm³/mol. The molecule has 0 spiro atoms. The standard InChI is InChI=1S/C8H9NO/c1-2-7-10-8-5-3-4-6-9-8/h2-7H,1H3/b7-2+. The van der Waals surface area contributed by atoms with Crippen molar-refractivity contribution >= 4 is 0 Å². The minimum atomic E-state index is 0.626. The summed E-state index contributed by atoms with van der Waals surface area (Å²) in [4.78, 5) is 3.94. The highest BCUT2D eigenvalue weighted by Crippen LogP contribution is 2.02. The summed E-state index contributed by atoms with van der Waals surface area (Å²) in [5, 5.41) is 0. The lowest BCUT2D eigenvalue weighted by Crippen LogP contribution is -1.83. The minimum Gasteiger partial charge on any atom is -0.447 e. The van der Waals surface area contributed by atoms with Crippen LogP contribution in [0, 0.1) is 0 Å². The van der Waals surface area contributed by atoms with Crippen LogP contribution in [0.4, 0.5) is 0 Å². The van der Waals surface area contributed by atoms with Crippen LogP contribution in [0.25, 0.3) is 0 Å². The van der Waals surface area contributed by atoms with E-state index in [9.17, 15) is 0 Å². The van der Waals surface area contributed by atoms with Gasteiger partial charge >= 0.3 is 0 Å². The summed E-state index contributed by atoms with van der Waals surface area (Å²) in [6.07, 6.45) is 5.11. The molecule has 1 heterocycles. The normalized spacial score (nSPS) is 10.1. The minimum absolute atomic E-state index is 0.626. The third kappa shape index (κ3) is 1.90. The maximum atomic E-state index is 5.06. The molecule has 2 heteroatoms. The first kappa shape index (κ1) is 6.81. The lowest BCUT2D eigenvalue weighted by molar-refractivity contribution is 0.460. The molecule has 2 nitrogen and oxygen atoms in total. The first-order valence-electron chi connectivity index (χ1n) is 3.12. The Morgan fingerprint density at radius 2 is 2.40 bits per heavy atom. The van der Waals surface area contributed by atoms with Gasteiger partial charge in [0.1, 0.15) is 0 Å². The Kier molecular flexibility index (Phi) is 2.49. The molecule has 0 amide bonds. The maximum Gasteiger partial charge on any atom is 0.218 e. The van der Waals surface area contributed by atoms with E-state index in [0.717, 1.165) is 0 Å². The first-order chi connectivity index (χ1) is 4.93. The second-order valence-electron chi connectivity index (χ2n) is 1.76. The molecule has 0 saturated carbocycles. The van der Waals surface area contributed by atoms with Gasteiger partial charge < -0.3 is 4.74 Å². The van der Waals surface area contributed by atoms with Gasteiger partial charge in [-0.05, 0) is 13.0 Å². The van der Waals surface area contributed by atoms with Crippen LogP contribution in [0.1, 0.15) is 6.92 Å². The number of ether oxygens (including phenoxy) is 1. The van der Waals surface area contributed by atoms with Crippen molar-refractivity contribution in [1.29, 1.82) is 0 Å². The fraction of sp³-hybridized carbons (Fsp3) is 0.125. The van der Waals surface area contributed by atoms with E-state index in [1.807, 2.05) is 25.1 Å². The molecular weight excluding hydrogens is 126 g/mol. The van der Waals surface area contributed by atoms with E-state index in [1.165, 1.54) is 0 Å². The highest BCUT2D eigenvalue weighted by atomic mass is 16.5. The number of rotatable bonds is 2. The highest BCUT2D eigenvalue weighted by Gasteiger charge is 1.84. The molecule has 0 aliphatic rings. The zero-order chi connectivity index (χ0) is 7.23. The van der Waals surface area contributed by atoms with Crippen molar-refractivity contribution in [2.75, 3.05) is 0 Å². The van der Waals surface area contributed by atoms with Crippen molar-refractivity contribution in [1.82, 2.24) is 4.98 Å². The van der Waals surface area contributed by atoms with E-state index < -0.39 is 0 Å². The van der Waals surface area contributed by atoms with Crippen LogP contribution >= 0.6 is 0 Å². The average molecular weight is 135 g/mol. The summed E-state index contributed by atoms with van der Waals surface area (Å²) < 4.78 is 5.06. The van der Waals surface area contributed by atoms with E-state index in [0.29, 0.717) is 5.88 Å². The summed E-state index contributed by atoms with van der Waals surface area (Å²) >= 11 is 0. The van der Waals surface area contributed by atoms with Crippen molar-refractivity contribution in [2.45, 2.75) is 6.92 Å². The Balaban J connectivity index is 2.59. The van der Waals surface area contributed by atoms with E-state index >= 15 is 0 Å². The van der Waals surface area contributed by atoms with Crippen LogP contribution in [-0.4, -0.2) is 4.98 Å². The van der Waals surface area contributed by atoms with E-state index in [4.69, 9.17) is 4.74 Å². The molecule has 0 saturated heterocycles. The fourth-order valence-electron chi connectivity index (χ4n) is 0.555. The fourth-order valence-corrected chi connectivity index (χ4v) is 0.555. The van der Waals surface area contributed by atoms with Gasteiger partial charge in [0.2, 0.25) is 5.88 Å². The van der Waals surface area contributed by atoms with E-state index in [-0.39, 0.29) is 0 Å². The van der Waals surface area contributed by atoms with Crippen molar-refractivity contribution < 1.29 is 4.74 Å². The second kappa shape index (κ2) is 3.67. The third-order valence-corrected chi connectivity index (χ3v) is 0.963. The number of allylic oxidation sites excluding steroid dienone is 1. The Bertz CT molecular complexity index is 206. The Morgan fingerprint density at radius 1 is 1.50 bits per heavy atom. The molecule has 1 aromatic rings. The molecular formula is C8H9NO. The van der Waals surface area contributed by atoms with Gasteiger partial charge in [0.25, 0.3) is 0 Å². The molecule has 0 unspecified atom stereocenters. The molecule has 1 rings (SSSR count). The first-order valence-corrected chi connectivity index (χ1v) is 3.12. The summed E-state index contributed by atoms with van der Waals surface area (Å²) in [6.45, 7) is 1.89. The SMILES string of the molecule is C/C=C/Oc1ccccn1. The molecule has 0 bridgehead atoms.